The number of benzene rings is 1. The quantitative estimate of drug-likeness (QED) is 0.342. The van der Waals surface area contributed by atoms with Crippen LogP contribution in [0.2, 0.25) is 0 Å². The van der Waals surface area contributed by atoms with E-state index >= 15 is 0 Å². The first-order valence-corrected chi connectivity index (χ1v) is 6.96. The highest BCUT2D eigenvalue weighted by Crippen LogP contribution is 2.01. The summed E-state index contributed by atoms with van der Waals surface area (Å²) in [7, 11) is 2.57. The van der Waals surface area contributed by atoms with Gasteiger partial charge in [-0.2, -0.15) is 0 Å². The SMILES string of the molecule is COC(=O)C=CC(=CCNCCc1ccccc1)C(=O)OC. The molecule has 0 aliphatic carbocycles. The van der Waals surface area contributed by atoms with Crippen molar-refractivity contribution in [1.82, 2.24) is 5.32 Å². The summed E-state index contributed by atoms with van der Waals surface area (Å²) in [5, 5.41) is 3.21. The largest absolute Gasteiger partial charge is 0.466 e. The van der Waals surface area contributed by atoms with Gasteiger partial charge in [-0.3, -0.25) is 0 Å². The van der Waals surface area contributed by atoms with Crippen molar-refractivity contribution in [3.63, 3.8) is 0 Å². The minimum Gasteiger partial charge on any atom is -0.466 e. The fraction of sp³-hybridized carbons (Fsp3) is 0.294. The van der Waals surface area contributed by atoms with E-state index in [4.69, 9.17) is 0 Å². The number of ether oxygens (including phenoxy) is 2. The Labute approximate surface area is 130 Å². The van der Waals surface area contributed by atoms with Crippen molar-refractivity contribution in [2.24, 2.45) is 0 Å². The lowest BCUT2D eigenvalue weighted by atomic mass is 10.1. The predicted octanol–water partition coefficient (Wildman–Crippen LogP) is 1.65. The Bertz CT molecular complexity index is 535. The molecule has 0 heterocycles. The highest BCUT2D eigenvalue weighted by Gasteiger charge is 2.06. The number of rotatable bonds is 8. The van der Waals surface area contributed by atoms with E-state index in [2.05, 4.69) is 26.9 Å². The number of nitrogens with one attached hydrogen (secondary N) is 1. The first-order valence-electron chi connectivity index (χ1n) is 6.96. The van der Waals surface area contributed by atoms with E-state index < -0.39 is 11.9 Å². The minimum absolute atomic E-state index is 0.306. The molecule has 1 aromatic carbocycles. The number of methoxy groups -OCH3 is 2. The number of esters is 2. The number of hydrogen-bond donors (Lipinski definition) is 1. The summed E-state index contributed by atoms with van der Waals surface area (Å²) in [6, 6.07) is 10.1. The summed E-state index contributed by atoms with van der Waals surface area (Å²) in [5.74, 6) is -1.02. The molecule has 0 spiro atoms. The molecule has 1 aromatic rings. The van der Waals surface area contributed by atoms with Crippen LogP contribution in [0.4, 0.5) is 0 Å². The summed E-state index contributed by atoms with van der Waals surface area (Å²) in [4.78, 5) is 22.6. The van der Waals surface area contributed by atoms with Crippen LogP contribution in [-0.2, 0) is 25.5 Å². The topological polar surface area (TPSA) is 64.6 Å². The lowest BCUT2D eigenvalue weighted by Gasteiger charge is -2.04. The van der Waals surface area contributed by atoms with Crippen LogP contribution in [-0.4, -0.2) is 39.2 Å². The molecule has 0 saturated heterocycles. The van der Waals surface area contributed by atoms with Crippen molar-refractivity contribution < 1.29 is 19.1 Å². The van der Waals surface area contributed by atoms with Gasteiger partial charge < -0.3 is 14.8 Å². The molecule has 0 unspecified atom stereocenters. The molecule has 118 valence electrons. The lowest BCUT2D eigenvalue weighted by molar-refractivity contribution is -0.135. The molecule has 5 nitrogen and oxygen atoms in total. The Balaban J connectivity index is 2.46. The summed E-state index contributed by atoms with van der Waals surface area (Å²) in [5.41, 5.74) is 1.55. The minimum atomic E-state index is -0.521. The monoisotopic (exact) mass is 303 g/mol. The van der Waals surface area contributed by atoms with E-state index in [9.17, 15) is 9.59 Å². The highest BCUT2D eigenvalue weighted by molar-refractivity contribution is 5.93. The van der Waals surface area contributed by atoms with Gasteiger partial charge >= 0.3 is 11.9 Å². The molecule has 1 rings (SSSR count). The normalized spacial score (nSPS) is 11.5. The van der Waals surface area contributed by atoms with Gasteiger partial charge in [-0.15, -0.1) is 0 Å². The van der Waals surface area contributed by atoms with Gasteiger partial charge in [0.1, 0.15) is 0 Å². The fourth-order valence-electron chi connectivity index (χ4n) is 1.72. The first kappa shape index (κ1) is 17.7. The third-order valence-electron chi connectivity index (χ3n) is 2.92. The van der Waals surface area contributed by atoms with Crippen LogP contribution in [0.5, 0.6) is 0 Å². The second kappa shape index (κ2) is 10.3. The van der Waals surface area contributed by atoms with Crippen molar-refractivity contribution in [2.75, 3.05) is 27.3 Å². The maximum absolute atomic E-state index is 11.6. The molecule has 0 radical (unpaired) electrons. The molecule has 0 fully saturated rings. The molecule has 0 aromatic heterocycles. The van der Waals surface area contributed by atoms with Crippen LogP contribution in [0.15, 0.2) is 54.1 Å². The molecular formula is C17H21NO4. The van der Waals surface area contributed by atoms with Crippen LogP contribution in [0.1, 0.15) is 5.56 Å². The maximum atomic E-state index is 11.6. The average Bonchev–Trinajstić information content (AvgIpc) is 2.57. The smallest absolute Gasteiger partial charge is 0.337 e. The fourth-order valence-corrected chi connectivity index (χ4v) is 1.72. The Morgan fingerprint density at radius 2 is 1.82 bits per heavy atom. The molecular weight excluding hydrogens is 282 g/mol. The second-order valence-electron chi connectivity index (χ2n) is 4.45. The molecule has 0 aliphatic heterocycles. The maximum Gasteiger partial charge on any atom is 0.337 e. The summed E-state index contributed by atoms with van der Waals surface area (Å²) < 4.78 is 9.15. The zero-order chi connectivity index (χ0) is 16.2. The van der Waals surface area contributed by atoms with E-state index in [-0.39, 0.29) is 0 Å². The van der Waals surface area contributed by atoms with Gasteiger partial charge in [-0.25, -0.2) is 9.59 Å². The number of hydrogen-bond acceptors (Lipinski definition) is 5. The van der Waals surface area contributed by atoms with Crippen LogP contribution in [0.25, 0.3) is 0 Å². The van der Waals surface area contributed by atoms with Crippen LogP contribution in [0.3, 0.4) is 0 Å². The van der Waals surface area contributed by atoms with Crippen molar-refractivity contribution >= 4 is 11.9 Å². The van der Waals surface area contributed by atoms with Gasteiger partial charge in [0.25, 0.3) is 0 Å². The second-order valence-corrected chi connectivity index (χ2v) is 4.45. The van der Waals surface area contributed by atoms with Crippen LogP contribution >= 0.6 is 0 Å². The lowest BCUT2D eigenvalue weighted by Crippen LogP contribution is -2.18. The molecule has 5 heteroatoms. The molecule has 1 N–H and O–H groups in total. The molecule has 0 bridgehead atoms. The van der Waals surface area contributed by atoms with E-state index in [1.165, 1.54) is 31.9 Å². The molecule has 0 aliphatic rings. The van der Waals surface area contributed by atoms with Gasteiger partial charge in [0.05, 0.1) is 19.8 Å². The zero-order valence-electron chi connectivity index (χ0n) is 12.9. The molecule has 22 heavy (non-hydrogen) atoms. The highest BCUT2D eigenvalue weighted by atomic mass is 16.5. The third kappa shape index (κ3) is 6.85. The average molecular weight is 303 g/mol. The van der Waals surface area contributed by atoms with Gasteiger partial charge in [0, 0.05) is 12.6 Å². The van der Waals surface area contributed by atoms with Crippen LogP contribution in [0, 0.1) is 0 Å². The van der Waals surface area contributed by atoms with Crippen molar-refractivity contribution in [3.05, 3.63) is 59.7 Å². The van der Waals surface area contributed by atoms with Crippen molar-refractivity contribution in [3.8, 4) is 0 Å². The summed E-state index contributed by atoms with van der Waals surface area (Å²) >= 11 is 0. The summed E-state index contributed by atoms with van der Waals surface area (Å²) in [6.07, 6.45) is 5.15. The molecule has 0 amide bonds. The Morgan fingerprint density at radius 3 is 2.45 bits per heavy atom. The van der Waals surface area contributed by atoms with Crippen LogP contribution < -0.4 is 5.32 Å². The Kier molecular flexibility index (Phi) is 8.30. The van der Waals surface area contributed by atoms with Crippen molar-refractivity contribution in [2.45, 2.75) is 6.42 Å². The Hall–Kier alpha value is -2.40. The van der Waals surface area contributed by atoms with E-state index in [1.54, 1.807) is 6.08 Å². The van der Waals surface area contributed by atoms with Gasteiger partial charge in [-0.1, -0.05) is 36.4 Å². The molecule has 0 atom stereocenters. The summed E-state index contributed by atoms with van der Waals surface area (Å²) in [6.45, 7) is 1.29. The molecule has 0 saturated carbocycles. The van der Waals surface area contributed by atoms with Gasteiger partial charge in [-0.05, 0) is 24.6 Å². The third-order valence-corrected chi connectivity index (χ3v) is 2.92. The van der Waals surface area contributed by atoms with E-state index in [0.29, 0.717) is 12.1 Å². The zero-order valence-corrected chi connectivity index (χ0v) is 12.9. The van der Waals surface area contributed by atoms with Crippen molar-refractivity contribution in [1.29, 1.82) is 0 Å². The van der Waals surface area contributed by atoms with Gasteiger partial charge in [0.15, 0.2) is 0 Å². The van der Waals surface area contributed by atoms with E-state index in [0.717, 1.165) is 13.0 Å². The Morgan fingerprint density at radius 1 is 1.09 bits per heavy atom. The standard InChI is InChI=1S/C17H21NO4/c1-21-16(19)9-8-15(17(20)22-2)11-13-18-12-10-14-6-4-3-5-7-14/h3-9,11,18H,10,12-13H2,1-2H3. The predicted molar refractivity (Wildman–Crippen MR) is 84.3 cm³/mol. The number of carbonyl (C=O) groups excluding carboxylic acids is 2. The van der Waals surface area contributed by atoms with E-state index in [1.807, 2.05) is 18.2 Å². The number of carbonyl (C=O) groups is 2. The van der Waals surface area contributed by atoms with Gasteiger partial charge in [0.2, 0.25) is 0 Å². The first-order chi connectivity index (χ1) is 10.7.